The quantitative estimate of drug-likeness (QED) is 0.697. The molecule has 28 heavy (non-hydrogen) atoms. The summed E-state index contributed by atoms with van der Waals surface area (Å²) < 4.78 is 1.80. The third-order valence-corrected chi connectivity index (χ3v) is 5.89. The molecule has 1 fully saturated rings. The zero-order valence-electron chi connectivity index (χ0n) is 16.5. The molecule has 2 aromatic carbocycles. The molecule has 1 aliphatic carbocycles. The number of fused-ring (bicyclic) bond motifs is 1. The van der Waals surface area contributed by atoms with Gasteiger partial charge in [0.05, 0.1) is 23.1 Å². The smallest absolute Gasteiger partial charge is 0.187 e. The second-order valence-electron chi connectivity index (χ2n) is 7.82. The minimum atomic E-state index is 0.286. The lowest BCUT2D eigenvalue weighted by Gasteiger charge is -2.44. The molecule has 0 saturated heterocycles. The van der Waals surface area contributed by atoms with Gasteiger partial charge in [0.2, 0.25) is 0 Å². The maximum absolute atomic E-state index is 4.32. The van der Waals surface area contributed by atoms with Crippen LogP contribution in [-0.4, -0.2) is 39.3 Å². The molecule has 0 spiro atoms. The Morgan fingerprint density at radius 3 is 2.50 bits per heavy atom. The fourth-order valence-corrected chi connectivity index (χ4v) is 4.05. The van der Waals surface area contributed by atoms with Gasteiger partial charge in [0.25, 0.3) is 0 Å². The number of aryl methyl sites for hydroxylation is 1. The average molecular weight is 372 g/mol. The van der Waals surface area contributed by atoms with Crippen molar-refractivity contribution >= 4 is 11.4 Å². The third-order valence-electron chi connectivity index (χ3n) is 5.89. The van der Waals surface area contributed by atoms with Crippen molar-refractivity contribution in [2.75, 3.05) is 16.8 Å². The standard InChI is InChI=1S/C22H24N6/c1-14-5-8-19(9-6-14)28-22(23-24-25-28)17-7-12-20-21(13-17)27(18-10-11-18)16(3)15(2)26(20)4/h5-9,12-13,16,18H,2,10-11H2,1,3-4H3. The molecule has 2 heterocycles. The predicted molar refractivity (Wildman–Crippen MR) is 112 cm³/mol. The van der Waals surface area contributed by atoms with Crippen molar-refractivity contribution in [3.8, 4) is 17.1 Å². The summed E-state index contributed by atoms with van der Waals surface area (Å²) >= 11 is 0. The number of rotatable bonds is 3. The number of tetrazole rings is 1. The van der Waals surface area contributed by atoms with Crippen LogP contribution in [0.5, 0.6) is 0 Å². The summed E-state index contributed by atoms with van der Waals surface area (Å²) in [7, 11) is 2.10. The topological polar surface area (TPSA) is 50.1 Å². The van der Waals surface area contributed by atoms with Crippen molar-refractivity contribution < 1.29 is 0 Å². The minimum absolute atomic E-state index is 0.286. The van der Waals surface area contributed by atoms with Crippen LogP contribution >= 0.6 is 0 Å². The van der Waals surface area contributed by atoms with Crippen molar-refractivity contribution in [2.24, 2.45) is 0 Å². The van der Waals surface area contributed by atoms with Gasteiger partial charge in [0.1, 0.15) is 0 Å². The van der Waals surface area contributed by atoms with Gasteiger partial charge in [0.15, 0.2) is 5.82 Å². The summed E-state index contributed by atoms with van der Waals surface area (Å²) in [6.07, 6.45) is 2.48. The Hall–Kier alpha value is -3.15. The summed E-state index contributed by atoms with van der Waals surface area (Å²) in [4.78, 5) is 4.72. The van der Waals surface area contributed by atoms with Crippen LogP contribution in [0.1, 0.15) is 25.3 Å². The second-order valence-corrected chi connectivity index (χ2v) is 7.82. The molecule has 6 heteroatoms. The van der Waals surface area contributed by atoms with Crippen molar-refractivity contribution in [2.45, 2.75) is 38.8 Å². The number of hydrogen-bond donors (Lipinski definition) is 0. The van der Waals surface area contributed by atoms with Gasteiger partial charge in [-0.15, -0.1) is 5.10 Å². The summed E-state index contributed by atoms with van der Waals surface area (Å²) in [6.45, 7) is 8.63. The largest absolute Gasteiger partial charge is 0.359 e. The number of likely N-dealkylation sites (N-methyl/N-ethyl adjacent to an activating group) is 1. The number of nitrogens with zero attached hydrogens (tertiary/aromatic N) is 6. The Morgan fingerprint density at radius 2 is 1.79 bits per heavy atom. The highest BCUT2D eigenvalue weighted by Crippen LogP contribution is 2.45. The molecule has 1 aliphatic heterocycles. The van der Waals surface area contributed by atoms with Gasteiger partial charge in [-0.05, 0) is 67.4 Å². The summed E-state index contributed by atoms with van der Waals surface area (Å²) in [5.41, 5.74) is 6.75. The first-order valence-corrected chi connectivity index (χ1v) is 9.75. The lowest BCUT2D eigenvalue weighted by Crippen LogP contribution is -2.45. The molecular formula is C22H24N6. The van der Waals surface area contributed by atoms with Crippen LogP contribution in [0.15, 0.2) is 54.7 Å². The van der Waals surface area contributed by atoms with Gasteiger partial charge in [-0.25, -0.2) is 0 Å². The number of aromatic nitrogens is 4. The van der Waals surface area contributed by atoms with Gasteiger partial charge >= 0.3 is 0 Å². The SMILES string of the molecule is C=C1C(C)N(C2CC2)c2cc(-c3nnnn3-c3ccc(C)cc3)ccc2N1C. The zero-order valence-corrected chi connectivity index (χ0v) is 16.5. The molecule has 142 valence electrons. The molecule has 1 unspecified atom stereocenters. The van der Waals surface area contributed by atoms with Crippen LogP contribution in [0, 0.1) is 6.92 Å². The van der Waals surface area contributed by atoms with Crippen LogP contribution in [0.4, 0.5) is 11.4 Å². The van der Waals surface area contributed by atoms with E-state index in [1.54, 1.807) is 4.68 Å². The highest BCUT2D eigenvalue weighted by molar-refractivity contribution is 5.82. The molecule has 0 radical (unpaired) electrons. The Labute approximate surface area is 165 Å². The van der Waals surface area contributed by atoms with E-state index in [1.165, 1.54) is 29.8 Å². The van der Waals surface area contributed by atoms with Gasteiger partial charge in [-0.3, -0.25) is 0 Å². The molecule has 1 saturated carbocycles. The number of benzene rings is 2. The molecule has 3 aromatic rings. The van der Waals surface area contributed by atoms with Gasteiger partial charge in [-0.2, -0.15) is 4.68 Å². The van der Waals surface area contributed by atoms with E-state index in [1.807, 2.05) is 12.1 Å². The van der Waals surface area contributed by atoms with Crippen molar-refractivity contribution in [1.29, 1.82) is 0 Å². The molecule has 2 aliphatic rings. The van der Waals surface area contributed by atoms with E-state index in [0.29, 0.717) is 6.04 Å². The van der Waals surface area contributed by atoms with Gasteiger partial charge in [-0.1, -0.05) is 24.3 Å². The summed E-state index contributed by atoms with van der Waals surface area (Å²) in [5, 5.41) is 12.5. The third kappa shape index (κ3) is 2.59. The van der Waals surface area contributed by atoms with Crippen LogP contribution in [0.25, 0.3) is 17.1 Å². The molecule has 6 nitrogen and oxygen atoms in total. The van der Waals surface area contributed by atoms with Crippen LogP contribution in [0.3, 0.4) is 0 Å². The Bertz CT molecular complexity index is 1050. The van der Waals surface area contributed by atoms with E-state index < -0.39 is 0 Å². The first kappa shape index (κ1) is 17.0. The second kappa shape index (κ2) is 6.19. The molecule has 0 bridgehead atoms. The number of hydrogen-bond acceptors (Lipinski definition) is 5. The van der Waals surface area contributed by atoms with E-state index in [-0.39, 0.29) is 6.04 Å². The van der Waals surface area contributed by atoms with Crippen LogP contribution < -0.4 is 9.80 Å². The summed E-state index contributed by atoms with van der Waals surface area (Å²) in [6, 6.07) is 15.6. The van der Waals surface area contributed by atoms with Crippen LogP contribution in [-0.2, 0) is 0 Å². The van der Waals surface area contributed by atoms with Crippen molar-refractivity contribution in [3.63, 3.8) is 0 Å². The minimum Gasteiger partial charge on any atom is -0.359 e. The molecular weight excluding hydrogens is 348 g/mol. The average Bonchev–Trinajstić information content (AvgIpc) is 3.41. The normalized spacial score (nSPS) is 19.1. The fourth-order valence-electron chi connectivity index (χ4n) is 4.05. The first-order chi connectivity index (χ1) is 13.5. The molecule has 0 N–H and O–H groups in total. The summed E-state index contributed by atoms with van der Waals surface area (Å²) in [5.74, 6) is 0.752. The molecule has 1 aromatic heterocycles. The highest BCUT2D eigenvalue weighted by Gasteiger charge is 2.39. The Balaban J connectivity index is 1.62. The maximum atomic E-state index is 4.32. The molecule has 5 rings (SSSR count). The van der Waals surface area contributed by atoms with Crippen molar-refractivity contribution in [3.05, 3.63) is 60.3 Å². The van der Waals surface area contributed by atoms with E-state index in [9.17, 15) is 0 Å². The fraction of sp³-hybridized carbons (Fsp3) is 0.318. The first-order valence-electron chi connectivity index (χ1n) is 9.75. The van der Waals surface area contributed by atoms with E-state index in [4.69, 9.17) is 0 Å². The van der Waals surface area contributed by atoms with Crippen molar-refractivity contribution in [1.82, 2.24) is 20.2 Å². The van der Waals surface area contributed by atoms with Gasteiger partial charge < -0.3 is 9.80 Å². The maximum Gasteiger partial charge on any atom is 0.187 e. The Morgan fingerprint density at radius 1 is 1.04 bits per heavy atom. The van der Waals surface area contributed by atoms with Crippen LogP contribution in [0.2, 0.25) is 0 Å². The zero-order chi connectivity index (χ0) is 19.4. The van der Waals surface area contributed by atoms with E-state index in [0.717, 1.165) is 22.8 Å². The number of anilines is 2. The monoisotopic (exact) mass is 372 g/mol. The Kier molecular flexibility index (Phi) is 3.75. The molecule has 1 atom stereocenters. The predicted octanol–water partition coefficient (Wildman–Crippen LogP) is 3.96. The van der Waals surface area contributed by atoms with E-state index in [2.05, 4.69) is 83.1 Å². The highest BCUT2D eigenvalue weighted by atomic mass is 15.5. The molecule has 0 amide bonds. The lowest BCUT2D eigenvalue weighted by molar-refractivity contribution is 0.665. The van der Waals surface area contributed by atoms with E-state index >= 15 is 0 Å². The van der Waals surface area contributed by atoms with Gasteiger partial charge in [0, 0.05) is 24.4 Å². The lowest BCUT2D eigenvalue weighted by atomic mass is 10.0.